The summed E-state index contributed by atoms with van der Waals surface area (Å²) in [5.41, 5.74) is 6.02. The number of carboxylic acids is 1. The number of aromatic carboxylic acids is 1. The van der Waals surface area contributed by atoms with Crippen LogP contribution in [0.15, 0.2) is 4.79 Å². The lowest BCUT2D eigenvalue weighted by molar-refractivity contribution is 0.0683. The molecular weight excluding hydrogens is 366 g/mol. The van der Waals surface area contributed by atoms with Gasteiger partial charge < -0.3 is 15.8 Å². The molecule has 2 aliphatic rings. The summed E-state index contributed by atoms with van der Waals surface area (Å²) in [6, 6.07) is 0. The average molecular weight is 385 g/mol. The number of fused-ring (bicyclic) bond motifs is 3. The van der Waals surface area contributed by atoms with E-state index in [9.17, 15) is 18.0 Å². The summed E-state index contributed by atoms with van der Waals surface area (Å²) >= 11 is 1.44. The molecule has 0 radical (unpaired) electrons. The van der Waals surface area contributed by atoms with Gasteiger partial charge in [0.05, 0.1) is 16.9 Å². The van der Waals surface area contributed by atoms with Gasteiger partial charge in [-0.2, -0.15) is 0 Å². The number of H-pyrrole nitrogens is 1. The Morgan fingerprint density at radius 3 is 2.72 bits per heavy atom. The van der Waals surface area contributed by atoms with Crippen LogP contribution < -0.4 is 11.3 Å². The monoisotopic (exact) mass is 385 g/mol. The molecule has 3 heterocycles. The van der Waals surface area contributed by atoms with E-state index >= 15 is 0 Å². The summed E-state index contributed by atoms with van der Waals surface area (Å²) in [6.07, 6.45) is 3.70. The van der Waals surface area contributed by atoms with E-state index in [1.807, 2.05) is 0 Å². The maximum atomic E-state index is 11.8. The Labute approximate surface area is 148 Å². The molecule has 1 unspecified atom stereocenters. The lowest BCUT2D eigenvalue weighted by atomic mass is 10.1. The highest BCUT2D eigenvalue weighted by Gasteiger charge is 2.26. The molecule has 0 amide bonds. The molecular formula is C15H19N3O5S2. The highest BCUT2D eigenvalue weighted by Crippen LogP contribution is 2.34. The SMILES string of the molecule is NCC1CCS(=O)(=O)C1.O=C(O)c1nc2sc3c(c2c(=O)[nH]1)CCC3. The minimum absolute atomic E-state index is 0.231. The number of nitrogens with zero attached hydrogens (tertiary/aromatic N) is 1. The Balaban J connectivity index is 0.000000173. The van der Waals surface area contributed by atoms with Crippen LogP contribution in [0.1, 0.15) is 33.9 Å². The van der Waals surface area contributed by atoms with Gasteiger partial charge in [-0.25, -0.2) is 18.2 Å². The first kappa shape index (κ1) is 18.0. The number of hydrogen-bond donors (Lipinski definition) is 3. The summed E-state index contributed by atoms with van der Waals surface area (Å²) in [6.45, 7) is 0.513. The van der Waals surface area contributed by atoms with Crippen molar-refractivity contribution in [1.29, 1.82) is 0 Å². The van der Waals surface area contributed by atoms with Crippen LogP contribution in [0.3, 0.4) is 0 Å². The van der Waals surface area contributed by atoms with Gasteiger partial charge in [0.15, 0.2) is 9.84 Å². The van der Waals surface area contributed by atoms with Crippen LogP contribution in [0.5, 0.6) is 0 Å². The molecule has 2 aromatic rings. The summed E-state index contributed by atoms with van der Waals surface area (Å²) in [5, 5.41) is 9.37. The van der Waals surface area contributed by atoms with Crippen molar-refractivity contribution in [3.8, 4) is 0 Å². The number of nitrogens with one attached hydrogen (secondary N) is 1. The molecule has 1 aliphatic heterocycles. The zero-order valence-corrected chi connectivity index (χ0v) is 15.1. The van der Waals surface area contributed by atoms with Crippen molar-refractivity contribution < 1.29 is 18.3 Å². The van der Waals surface area contributed by atoms with E-state index in [1.54, 1.807) is 0 Å². The van der Waals surface area contributed by atoms with Crippen LogP contribution in [0.25, 0.3) is 10.2 Å². The highest BCUT2D eigenvalue weighted by molar-refractivity contribution is 7.91. The van der Waals surface area contributed by atoms with Gasteiger partial charge in [-0.05, 0) is 43.7 Å². The van der Waals surface area contributed by atoms with E-state index < -0.39 is 15.8 Å². The minimum Gasteiger partial charge on any atom is -0.475 e. The molecule has 4 N–H and O–H groups in total. The van der Waals surface area contributed by atoms with Gasteiger partial charge in [0.2, 0.25) is 5.82 Å². The molecule has 1 aliphatic carbocycles. The number of aromatic nitrogens is 2. The fourth-order valence-electron chi connectivity index (χ4n) is 3.16. The Morgan fingerprint density at radius 2 is 2.16 bits per heavy atom. The second-order valence-corrected chi connectivity index (χ2v) is 9.57. The first-order valence-electron chi connectivity index (χ1n) is 7.99. The van der Waals surface area contributed by atoms with E-state index in [1.165, 1.54) is 16.2 Å². The van der Waals surface area contributed by atoms with Crippen molar-refractivity contribution >= 4 is 37.4 Å². The number of aryl methyl sites for hydroxylation is 2. The number of hydrogen-bond acceptors (Lipinski definition) is 7. The summed E-state index contributed by atoms with van der Waals surface area (Å²) in [4.78, 5) is 30.5. The molecule has 25 heavy (non-hydrogen) atoms. The zero-order valence-electron chi connectivity index (χ0n) is 13.4. The fraction of sp³-hybridized carbons (Fsp3) is 0.533. The van der Waals surface area contributed by atoms with Crippen LogP contribution in [0, 0.1) is 5.92 Å². The van der Waals surface area contributed by atoms with Crippen molar-refractivity contribution in [2.75, 3.05) is 18.1 Å². The van der Waals surface area contributed by atoms with Gasteiger partial charge >= 0.3 is 5.97 Å². The molecule has 1 fully saturated rings. The quantitative estimate of drug-likeness (QED) is 0.685. The number of carboxylic acid groups (broad SMARTS) is 1. The second kappa shape index (κ2) is 6.85. The Bertz CT molecular complexity index is 977. The van der Waals surface area contributed by atoms with Crippen LogP contribution in [-0.4, -0.2) is 47.5 Å². The maximum absolute atomic E-state index is 11.8. The number of rotatable bonds is 2. The van der Waals surface area contributed by atoms with Gasteiger partial charge in [0, 0.05) is 4.88 Å². The van der Waals surface area contributed by atoms with Gasteiger partial charge in [-0.3, -0.25) is 4.79 Å². The topological polar surface area (TPSA) is 143 Å². The average Bonchev–Trinajstić information content (AvgIpc) is 3.20. The molecule has 0 spiro atoms. The molecule has 2 aromatic heterocycles. The van der Waals surface area contributed by atoms with Crippen molar-refractivity contribution in [3.63, 3.8) is 0 Å². The van der Waals surface area contributed by atoms with E-state index in [4.69, 9.17) is 10.8 Å². The molecule has 0 bridgehead atoms. The van der Waals surface area contributed by atoms with Crippen LogP contribution in [0.2, 0.25) is 0 Å². The largest absolute Gasteiger partial charge is 0.475 e. The highest BCUT2D eigenvalue weighted by atomic mass is 32.2. The van der Waals surface area contributed by atoms with Crippen molar-refractivity contribution in [3.05, 3.63) is 26.6 Å². The van der Waals surface area contributed by atoms with Gasteiger partial charge in [-0.15, -0.1) is 11.3 Å². The number of aromatic amines is 1. The van der Waals surface area contributed by atoms with Crippen LogP contribution >= 0.6 is 11.3 Å². The van der Waals surface area contributed by atoms with Crippen LogP contribution in [-0.2, 0) is 22.7 Å². The minimum atomic E-state index is -2.69. The molecule has 0 aromatic carbocycles. The molecule has 0 saturated carbocycles. The fourth-order valence-corrected chi connectivity index (χ4v) is 6.30. The lowest BCUT2D eigenvalue weighted by Gasteiger charge is -1.98. The molecule has 1 saturated heterocycles. The van der Waals surface area contributed by atoms with Gasteiger partial charge in [-0.1, -0.05) is 0 Å². The van der Waals surface area contributed by atoms with Crippen molar-refractivity contribution in [2.24, 2.45) is 11.7 Å². The van der Waals surface area contributed by atoms with Gasteiger partial charge in [0.25, 0.3) is 5.56 Å². The molecule has 10 heteroatoms. The second-order valence-electron chi connectivity index (χ2n) is 6.26. The molecule has 8 nitrogen and oxygen atoms in total. The third-order valence-electron chi connectivity index (χ3n) is 4.44. The number of thiophene rings is 1. The third kappa shape index (κ3) is 3.75. The lowest BCUT2D eigenvalue weighted by Crippen LogP contribution is -2.15. The summed E-state index contributed by atoms with van der Waals surface area (Å²) < 4.78 is 21.5. The van der Waals surface area contributed by atoms with E-state index in [0.29, 0.717) is 28.3 Å². The number of carbonyl (C=O) groups is 1. The van der Waals surface area contributed by atoms with Crippen LogP contribution in [0.4, 0.5) is 0 Å². The maximum Gasteiger partial charge on any atom is 0.372 e. The molecule has 136 valence electrons. The van der Waals surface area contributed by atoms with E-state index in [0.717, 1.165) is 31.2 Å². The van der Waals surface area contributed by atoms with Gasteiger partial charge in [0.1, 0.15) is 4.83 Å². The standard InChI is InChI=1S/C10H8N2O3S.C5H11NO2S/c13-8-6-4-2-1-3-5(4)16-9(6)12-7(11-8)10(14)15;6-3-5-1-2-9(7,8)4-5/h1-3H2,(H,14,15)(H,11,12,13);5H,1-4,6H2. The van der Waals surface area contributed by atoms with Crippen molar-refractivity contribution in [2.45, 2.75) is 25.7 Å². The third-order valence-corrected chi connectivity index (χ3v) is 7.46. The number of sulfone groups is 1. The Kier molecular flexibility index (Phi) is 4.94. The molecule has 1 atom stereocenters. The summed E-state index contributed by atoms with van der Waals surface area (Å²) in [5.74, 6) is -0.599. The predicted octanol–water partition coefficient (Wildman–Crippen LogP) is 0.551. The Morgan fingerprint density at radius 1 is 1.40 bits per heavy atom. The normalized spacial score (nSPS) is 20.9. The Hall–Kier alpha value is -1.78. The van der Waals surface area contributed by atoms with E-state index in [-0.39, 0.29) is 17.3 Å². The number of nitrogens with two attached hydrogens (primary N) is 1. The first-order valence-corrected chi connectivity index (χ1v) is 10.6. The zero-order chi connectivity index (χ0) is 18.2. The predicted molar refractivity (Wildman–Crippen MR) is 95.0 cm³/mol. The smallest absolute Gasteiger partial charge is 0.372 e. The van der Waals surface area contributed by atoms with Crippen molar-refractivity contribution in [1.82, 2.24) is 9.97 Å². The summed E-state index contributed by atoms with van der Waals surface area (Å²) in [7, 11) is -2.69. The first-order chi connectivity index (χ1) is 11.8. The molecule has 4 rings (SSSR count). The van der Waals surface area contributed by atoms with E-state index in [2.05, 4.69) is 9.97 Å².